The van der Waals surface area contributed by atoms with Crippen LogP contribution in [0.5, 0.6) is 0 Å². The number of benzene rings is 1. The molecule has 0 aliphatic rings. The Bertz CT molecular complexity index is 522. The van der Waals surface area contributed by atoms with Crippen molar-refractivity contribution in [3.05, 3.63) is 33.8 Å². The van der Waals surface area contributed by atoms with Gasteiger partial charge in [0.25, 0.3) is 5.91 Å². The van der Waals surface area contributed by atoms with E-state index < -0.39 is 0 Å². The van der Waals surface area contributed by atoms with Crippen LogP contribution in [0.4, 0.5) is 0 Å². The molecule has 1 rings (SSSR count). The third-order valence-corrected chi connectivity index (χ3v) is 3.68. The monoisotopic (exact) mass is 458 g/mol. The van der Waals surface area contributed by atoms with Crippen molar-refractivity contribution in [3.8, 4) is 0 Å². The van der Waals surface area contributed by atoms with Gasteiger partial charge in [-0.3, -0.25) is 9.79 Å². The molecule has 0 aliphatic carbocycles. The van der Waals surface area contributed by atoms with Crippen molar-refractivity contribution in [3.63, 3.8) is 0 Å². The minimum atomic E-state index is -0.217. The number of nitrogens with one attached hydrogen (secondary N) is 1. The zero-order chi connectivity index (χ0) is 15.8. The predicted octanol–water partition coefficient (Wildman–Crippen LogP) is 3.00. The third kappa shape index (κ3) is 6.58. The van der Waals surface area contributed by atoms with Crippen molar-refractivity contribution in [2.24, 2.45) is 10.7 Å². The summed E-state index contributed by atoms with van der Waals surface area (Å²) in [5, 5.41) is 3.53. The van der Waals surface area contributed by atoms with E-state index in [1.54, 1.807) is 12.1 Å². The summed E-state index contributed by atoms with van der Waals surface area (Å²) < 4.78 is 0. The number of guanidine groups is 1. The Labute approximate surface area is 158 Å². The number of aliphatic imine (C=N–C) groups is 1. The van der Waals surface area contributed by atoms with Crippen molar-refractivity contribution in [1.82, 2.24) is 10.2 Å². The molecular weight excluding hydrogens is 438 g/mol. The molecule has 5 nitrogen and oxygen atoms in total. The zero-order valence-electron chi connectivity index (χ0n) is 12.6. The Balaban J connectivity index is 0.00000441. The molecule has 124 valence electrons. The highest BCUT2D eigenvalue weighted by Crippen LogP contribution is 2.22. The molecule has 0 heterocycles. The number of carbonyl (C=O) groups is 1. The van der Waals surface area contributed by atoms with Crippen LogP contribution in [0.25, 0.3) is 0 Å². The maximum absolute atomic E-state index is 11.9. The number of halogens is 3. The molecule has 0 radical (unpaired) electrons. The van der Waals surface area contributed by atoms with Crippen LogP contribution in [0.3, 0.4) is 0 Å². The number of hydrogen-bond donors (Lipinski definition) is 2. The van der Waals surface area contributed by atoms with Gasteiger partial charge in [0.05, 0.1) is 16.6 Å². The van der Waals surface area contributed by atoms with Crippen LogP contribution < -0.4 is 11.1 Å². The highest BCUT2D eigenvalue weighted by molar-refractivity contribution is 14.0. The van der Waals surface area contributed by atoms with Crippen LogP contribution in [0.2, 0.25) is 10.0 Å². The summed E-state index contributed by atoms with van der Waals surface area (Å²) in [6.45, 7) is 6.47. The van der Waals surface area contributed by atoms with Crippen molar-refractivity contribution < 1.29 is 4.79 Å². The second kappa shape index (κ2) is 10.9. The molecule has 0 saturated heterocycles. The molecule has 22 heavy (non-hydrogen) atoms. The van der Waals surface area contributed by atoms with Crippen LogP contribution in [-0.4, -0.2) is 42.9 Å². The normalized spacial score (nSPS) is 10.8. The van der Waals surface area contributed by atoms with Gasteiger partial charge in [-0.2, -0.15) is 0 Å². The molecule has 3 N–H and O–H groups in total. The van der Waals surface area contributed by atoms with E-state index in [-0.39, 0.29) is 29.9 Å². The zero-order valence-corrected chi connectivity index (χ0v) is 16.4. The van der Waals surface area contributed by atoms with E-state index in [9.17, 15) is 4.79 Å². The average Bonchev–Trinajstić information content (AvgIpc) is 2.47. The van der Waals surface area contributed by atoms with Gasteiger partial charge in [0.15, 0.2) is 5.96 Å². The highest BCUT2D eigenvalue weighted by Gasteiger charge is 2.07. The molecular formula is C14H21Cl2IN4O. The maximum atomic E-state index is 11.9. The lowest BCUT2D eigenvalue weighted by molar-refractivity contribution is 0.0955. The molecule has 0 fully saturated rings. The summed E-state index contributed by atoms with van der Waals surface area (Å²) in [4.78, 5) is 18.1. The molecule has 1 amide bonds. The molecule has 0 saturated carbocycles. The first-order valence-electron chi connectivity index (χ1n) is 6.77. The Kier molecular flexibility index (Phi) is 10.5. The van der Waals surface area contributed by atoms with Crippen LogP contribution in [0.1, 0.15) is 24.2 Å². The van der Waals surface area contributed by atoms with Gasteiger partial charge in [-0.05, 0) is 32.0 Å². The number of carbonyl (C=O) groups excluding carboxylic acids is 1. The van der Waals surface area contributed by atoms with E-state index in [0.29, 0.717) is 34.7 Å². The van der Waals surface area contributed by atoms with E-state index in [1.807, 2.05) is 18.7 Å². The van der Waals surface area contributed by atoms with Gasteiger partial charge in [-0.1, -0.05) is 23.2 Å². The fourth-order valence-corrected chi connectivity index (χ4v) is 2.03. The second-order valence-electron chi connectivity index (χ2n) is 4.30. The molecule has 0 unspecified atom stereocenters. The van der Waals surface area contributed by atoms with E-state index in [4.69, 9.17) is 28.9 Å². The number of amides is 1. The molecule has 0 atom stereocenters. The van der Waals surface area contributed by atoms with Crippen molar-refractivity contribution in [2.45, 2.75) is 13.8 Å². The van der Waals surface area contributed by atoms with Crippen LogP contribution >= 0.6 is 47.2 Å². The van der Waals surface area contributed by atoms with Crippen molar-refractivity contribution in [1.29, 1.82) is 0 Å². The summed E-state index contributed by atoms with van der Waals surface area (Å²) in [7, 11) is 0. The Morgan fingerprint density at radius 2 is 1.91 bits per heavy atom. The molecule has 1 aromatic rings. The minimum Gasteiger partial charge on any atom is -0.370 e. The maximum Gasteiger partial charge on any atom is 0.251 e. The van der Waals surface area contributed by atoms with E-state index in [2.05, 4.69) is 10.3 Å². The number of nitrogens with two attached hydrogens (primary N) is 1. The Morgan fingerprint density at radius 1 is 1.27 bits per heavy atom. The van der Waals surface area contributed by atoms with E-state index in [0.717, 1.165) is 13.1 Å². The summed E-state index contributed by atoms with van der Waals surface area (Å²) in [6.07, 6.45) is 0. The van der Waals surface area contributed by atoms with Gasteiger partial charge in [0, 0.05) is 25.2 Å². The number of hydrogen-bond acceptors (Lipinski definition) is 2. The number of rotatable bonds is 6. The topological polar surface area (TPSA) is 70.7 Å². The lowest BCUT2D eigenvalue weighted by Gasteiger charge is -2.19. The molecule has 0 bridgehead atoms. The number of nitrogens with zero attached hydrogens (tertiary/aromatic N) is 2. The fraction of sp³-hybridized carbons (Fsp3) is 0.429. The van der Waals surface area contributed by atoms with E-state index >= 15 is 0 Å². The standard InChI is InChI=1S/C14H20Cl2N4O.HI/c1-3-20(4-2)14(17)19-8-7-18-13(21)10-5-6-11(15)12(16)9-10;/h5-6,9H,3-4,7-8H2,1-2H3,(H2,17,19)(H,18,21);1H. The van der Waals surface area contributed by atoms with Crippen LogP contribution in [-0.2, 0) is 0 Å². The largest absolute Gasteiger partial charge is 0.370 e. The molecule has 0 aliphatic heterocycles. The first kappa shape index (κ1) is 21.3. The van der Waals surface area contributed by atoms with Gasteiger partial charge in [0.1, 0.15) is 0 Å². The summed E-state index contributed by atoms with van der Waals surface area (Å²) in [5.41, 5.74) is 6.30. The summed E-state index contributed by atoms with van der Waals surface area (Å²) in [6, 6.07) is 4.75. The molecule has 1 aromatic carbocycles. The van der Waals surface area contributed by atoms with Gasteiger partial charge in [0.2, 0.25) is 0 Å². The molecule has 0 aromatic heterocycles. The smallest absolute Gasteiger partial charge is 0.251 e. The molecule has 8 heteroatoms. The highest BCUT2D eigenvalue weighted by atomic mass is 127. The van der Waals surface area contributed by atoms with Crippen molar-refractivity contribution >= 4 is 59.0 Å². The van der Waals surface area contributed by atoms with Gasteiger partial charge >= 0.3 is 0 Å². The first-order chi connectivity index (χ1) is 9.99. The minimum absolute atomic E-state index is 0. The Morgan fingerprint density at radius 3 is 2.45 bits per heavy atom. The average molecular weight is 459 g/mol. The van der Waals surface area contributed by atoms with Crippen molar-refractivity contribution in [2.75, 3.05) is 26.2 Å². The third-order valence-electron chi connectivity index (χ3n) is 2.94. The first-order valence-corrected chi connectivity index (χ1v) is 7.53. The van der Waals surface area contributed by atoms with Gasteiger partial charge in [-0.25, -0.2) is 0 Å². The van der Waals surface area contributed by atoms with E-state index in [1.165, 1.54) is 6.07 Å². The van der Waals surface area contributed by atoms with Gasteiger partial charge in [-0.15, -0.1) is 24.0 Å². The second-order valence-corrected chi connectivity index (χ2v) is 5.11. The SMILES string of the molecule is CCN(CC)C(N)=NCCNC(=O)c1ccc(Cl)c(Cl)c1.I. The lowest BCUT2D eigenvalue weighted by Crippen LogP contribution is -2.37. The van der Waals surface area contributed by atoms with Crippen LogP contribution in [0, 0.1) is 0 Å². The lowest BCUT2D eigenvalue weighted by atomic mass is 10.2. The van der Waals surface area contributed by atoms with Gasteiger partial charge < -0.3 is 16.0 Å². The summed E-state index contributed by atoms with van der Waals surface area (Å²) in [5.74, 6) is 0.272. The molecule has 0 spiro atoms. The quantitative estimate of drug-likeness (QED) is 0.298. The Hall–Kier alpha value is -0.730. The van der Waals surface area contributed by atoms with Crippen LogP contribution in [0.15, 0.2) is 23.2 Å². The predicted molar refractivity (Wildman–Crippen MR) is 104 cm³/mol. The summed E-state index contributed by atoms with van der Waals surface area (Å²) >= 11 is 11.7. The fourth-order valence-electron chi connectivity index (χ4n) is 1.73.